The molecule has 0 unspecified atom stereocenters. The molecule has 0 radical (unpaired) electrons. The van der Waals surface area contributed by atoms with Crippen molar-refractivity contribution in [3.8, 4) is 0 Å². The van der Waals surface area contributed by atoms with E-state index in [1.165, 1.54) is 11.3 Å². The van der Waals surface area contributed by atoms with Crippen LogP contribution in [0.3, 0.4) is 0 Å². The number of rotatable bonds is 3. The Kier molecular flexibility index (Phi) is 4.56. The molecule has 2 N–H and O–H groups in total. The predicted molar refractivity (Wildman–Crippen MR) is 90.4 cm³/mol. The minimum Gasteiger partial charge on any atom is -0.326 e. The zero-order valence-corrected chi connectivity index (χ0v) is 14.1. The van der Waals surface area contributed by atoms with Crippen LogP contribution in [-0.4, -0.2) is 37.3 Å². The number of thiophene rings is 1. The summed E-state index contributed by atoms with van der Waals surface area (Å²) in [5.41, 5.74) is 5.79. The number of sulfonamides is 1. The van der Waals surface area contributed by atoms with Gasteiger partial charge in [0.25, 0.3) is 0 Å². The normalized spacial score (nSPS) is 18.0. The van der Waals surface area contributed by atoms with Gasteiger partial charge in [-0.3, -0.25) is 0 Å². The molecular formula is C14H18N2O2S3. The molecule has 1 aromatic carbocycles. The fraction of sp³-hybridized carbons (Fsp3) is 0.429. The van der Waals surface area contributed by atoms with Gasteiger partial charge in [0.2, 0.25) is 10.0 Å². The lowest BCUT2D eigenvalue weighted by molar-refractivity contribution is 0.435. The van der Waals surface area contributed by atoms with Crippen LogP contribution in [0.5, 0.6) is 0 Å². The first kappa shape index (κ1) is 15.3. The minimum atomic E-state index is -3.46. The molecule has 1 saturated heterocycles. The van der Waals surface area contributed by atoms with Gasteiger partial charge >= 0.3 is 0 Å². The topological polar surface area (TPSA) is 63.4 Å². The largest absolute Gasteiger partial charge is 0.326 e. The second kappa shape index (κ2) is 6.26. The van der Waals surface area contributed by atoms with Gasteiger partial charge in [0.1, 0.15) is 4.90 Å². The van der Waals surface area contributed by atoms with Gasteiger partial charge in [-0.1, -0.05) is 18.2 Å². The van der Waals surface area contributed by atoms with E-state index < -0.39 is 10.0 Å². The molecule has 0 aliphatic carbocycles. The van der Waals surface area contributed by atoms with Crippen molar-refractivity contribution in [1.82, 2.24) is 4.31 Å². The van der Waals surface area contributed by atoms with Gasteiger partial charge in [0.15, 0.2) is 0 Å². The fourth-order valence-corrected chi connectivity index (χ4v) is 6.85. The van der Waals surface area contributed by atoms with E-state index in [4.69, 9.17) is 5.73 Å². The van der Waals surface area contributed by atoms with Crippen molar-refractivity contribution in [2.24, 2.45) is 5.73 Å². The third kappa shape index (κ3) is 2.85. The van der Waals surface area contributed by atoms with E-state index in [-0.39, 0.29) is 6.54 Å². The van der Waals surface area contributed by atoms with Crippen molar-refractivity contribution in [2.75, 3.05) is 24.6 Å². The van der Waals surface area contributed by atoms with Crippen molar-refractivity contribution in [3.63, 3.8) is 0 Å². The van der Waals surface area contributed by atoms with Crippen molar-refractivity contribution in [1.29, 1.82) is 0 Å². The third-order valence-electron chi connectivity index (χ3n) is 3.58. The van der Waals surface area contributed by atoms with Gasteiger partial charge in [-0.15, -0.1) is 11.3 Å². The van der Waals surface area contributed by atoms with Crippen LogP contribution in [0.4, 0.5) is 0 Å². The fourth-order valence-electron chi connectivity index (χ4n) is 2.58. The Balaban J connectivity index is 2.13. The average molecular weight is 343 g/mol. The van der Waals surface area contributed by atoms with Gasteiger partial charge in [-0.25, -0.2) is 8.42 Å². The number of nitrogens with two attached hydrogens (primary N) is 1. The zero-order chi connectivity index (χ0) is 14.9. The molecule has 7 heteroatoms. The molecule has 1 aliphatic heterocycles. The smallest absolute Gasteiger partial charge is 0.244 e. The maximum atomic E-state index is 13.1. The first-order valence-corrected chi connectivity index (χ1v) is 10.3. The minimum absolute atomic E-state index is 0.260. The first-order chi connectivity index (χ1) is 10.1. The second-order valence-corrected chi connectivity index (χ2v) is 9.16. The van der Waals surface area contributed by atoms with E-state index >= 15 is 0 Å². The summed E-state index contributed by atoms with van der Waals surface area (Å²) in [6.07, 6.45) is 0.907. The van der Waals surface area contributed by atoms with E-state index in [0.29, 0.717) is 18.0 Å². The zero-order valence-electron chi connectivity index (χ0n) is 11.6. The standard InChI is InChI=1S/C14H18N2O2S3/c15-10-13-14(11-4-1-2-5-12(11)20-13)21(17,18)16-6-3-8-19-9-7-16/h1-2,4-5H,3,6-10,15H2. The number of hydrogen-bond acceptors (Lipinski definition) is 5. The highest BCUT2D eigenvalue weighted by atomic mass is 32.2. The molecule has 21 heavy (non-hydrogen) atoms. The summed E-state index contributed by atoms with van der Waals surface area (Å²) in [4.78, 5) is 1.19. The highest BCUT2D eigenvalue weighted by Crippen LogP contribution is 2.36. The van der Waals surface area contributed by atoms with E-state index in [1.54, 1.807) is 4.31 Å². The van der Waals surface area contributed by atoms with E-state index in [9.17, 15) is 8.42 Å². The molecule has 0 spiro atoms. The summed E-state index contributed by atoms with van der Waals surface area (Å²) >= 11 is 3.30. The summed E-state index contributed by atoms with van der Waals surface area (Å²) in [7, 11) is -3.46. The lowest BCUT2D eigenvalue weighted by Crippen LogP contribution is -2.33. The maximum absolute atomic E-state index is 13.1. The maximum Gasteiger partial charge on any atom is 0.244 e. The molecule has 2 aromatic rings. The summed E-state index contributed by atoms with van der Waals surface area (Å²) in [5, 5.41) is 0.805. The van der Waals surface area contributed by atoms with Crippen LogP contribution in [-0.2, 0) is 16.6 Å². The Labute approximate surface area is 133 Å². The Morgan fingerprint density at radius 1 is 1.19 bits per heavy atom. The summed E-state index contributed by atoms with van der Waals surface area (Å²) < 4.78 is 28.7. The van der Waals surface area contributed by atoms with Crippen LogP contribution in [0.25, 0.3) is 10.1 Å². The SMILES string of the molecule is NCc1sc2ccccc2c1S(=O)(=O)N1CCCSCC1. The molecule has 1 aromatic heterocycles. The molecule has 3 rings (SSSR count). The van der Waals surface area contributed by atoms with Crippen molar-refractivity contribution in [2.45, 2.75) is 17.9 Å². The second-order valence-electron chi connectivity index (χ2n) is 4.92. The van der Waals surface area contributed by atoms with Crippen molar-refractivity contribution >= 4 is 43.2 Å². The van der Waals surface area contributed by atoms with E-state index in [2.05, 4.69) is 0 Å². The number of thioether (sulfide) groups is 1. The van der Waals surface area contributed by atoms with Crippen molar-refractivity contribution < 1.29 is 8.42 Å². The Morgan fingerprint density at radius 3 is 2.81 bits per heavy atom. The molecule has 0 saturated carbocycles. The van der Waals surface area contributed by atoms with Crippen LogP contribution in [0.1, 0.15) is 11.3 Å². The quantitative estimate of drug-likeness (QED) is 0.931. The monoisotopic (exact) mass is 342 g/mol. The number of nitrogens with zero attached hydrogens (tertiary/aromatic N) is 1. The molecule has 1 aliphatic rings. The van der Waals surface area contributed by atoms with E-state index in [1.807, 2.05) is 36.0 Å². The van der Waals surface area contributed by atoms with Gasteiger partial charge in [-0.2, -0.15) is 16.1 Å². The number of benzene rings is 1. The number of fused-ring (bicyclic) bond motifs is 1. The predicted octanol–water partition coefficient (Wildman–Crippen LogP) is 2.49. The van der Waals surface area contributed by atoms with Gasteiger partial charge in [0.05, 0.1) is 0 Å². The number of hydrogen-bond donors (Lipinski definition) is 1. The molecule has 0 atom stereocenters. The third-order valence-corrected chi connectivity index (χ3v) is 7.98. The molecular weight excluding hydrogens is 324 g/mol. The summed E-state index contributed by atoms with van der Waals surface area (Å²) in [6, 6.07) is 7.64. The molecule has 1 fully saturated rings. The van der Waals surface area contributed by atoms with Crippen LogP contribution in [0.15, 0.2) is 29.2 Å². The molecule has 0 bridgehead atoms. The molecule has 2 heterocycles. The van der Waals surface area contributed by atoms with Gasteiger partial charge < -0.3 is 5.73 Å². The lowest BCUT2D eigenvalue weighted by atomic mass is 10.2. The summed E-state index contributed by atoms with van der Waals surface area (Å²) in [5.74, 6) is 1.89. The highest BCUT2D eigenvalue weighted by molar-refractivity contribution is 7.99. The van der Waals surface area contributed by atoms with Crippen LogP contribution in [0, 0.1) is 0 Å². The van der Waals surface area contributed by atoms with Crippen LogP contribution >= 0.6 is 23.1 Å². The van der Waals surface area contributed by atoms with E-state index in [0.717, 1.165) is 32.9 Å². The first-order valence-electron chi connectivity index (χ1n) is 6.93. The molecule has 4 nitrogen and oxygen atoms in total. The van der Waals surface area contributed by atoms with Gasteiger partial charge in [0, 0.05) is 40.4 Å². The van der Waals surface area contributed by atoms with Crippen molar-refractivity contribution in [3.05, 3.63) is 29.1 Å². The Morgan fingerprint density at radius 2 is 2.00 bits per heavy atom. The molecule has 0 amide bonds. The molecule has 114 valence electrons. The van der Waals surface area contributed by atoms with Gasteiger partial charge in [-0.05, 0) is 18.2 Å². The highest BCUT2D eigenvalue weighted by Gasteiger charge is 2.30. The summed E-state index contributed by atoms with van der Waals surface area (Å²) in [6.45, 7) is 1.45. The Bertz CT molecular complexity index is 732. The Hall–Kier alpha value is -0.600. The van der Waals surface area contributed by atoms with Crippen LogP contribution < -0.4 is 5.73 Å². The lowest BCUT2D eigenvalue weighted by Gasteiger charge is -2.20. The average Bonchev–Trinajstić information content (AvgIpc) is 2.66. The van der Waals surface area contributed by atoms with Crippen LogP contribution in [0.2, 0.25) is 0 Å².